The topological polar surface area (TPSA) is 33.1 Å². The van der Waals surface area contributed by atoms with Crippen LogP contribution in [0.3, 0.4) is 0 Å². The Bertz CT molecular complexity index is 420. The number of rotatable bonds is 3. The molecule has 1 aromatic heterocycles. The summed E-state index contributed by atoms with van der Waals surface area (Å²) >= 11 is 0. The quantitative estimate of drug-likeness (QED) is 0.921. The van der Waals surface area contributed by atoms with Gasteiger partial charge in [-0.1, -0.05) is 19.3 Å². The lowest BCUT2D eigenvalue weighted by atomic mass is 9.83. The highest BCUT2D eigenvalue weighted by atomic mass is 15.3. The normalized spacial score (nSPS) is 25.4. The van der Waals surface area contributed by atoms with Crippen molar-refractivity contribution in [1.82, 2.24) is 15.1 Å². The van der Waals surface area contributed by atoms with Crippen LogP contribution >= 0.6 is 0 Å². The van der Waals surface area contributed by atoms with Gasteiger partial charge in [0.15, 0.2) is 0 Å². The highest BCUT2D eigenvalue weighted by Gasteiger charge is 2.28. The maximum Gasteiger partial charge on any atom is 0.0753 e. The van der Waals surface area contributed by atoms with Crippen LogP contribution < -0.4 is 10.2 Å². The standard InChI is InChI=1S/C16H28N4/c1-13(2)20-11-15(10-18-20)19-9-8-17-16(12-19)14-6-4-3-5-7-14/h10-11,13-14,16-17H,3-9,12H2,1-2H3. The molecule has 2 heterocycles. The van der Waals surface area contributed by atoms with E-state index in [1.165, 1.54) is 37.8 Å². The molecule has 0 aromatic carbocycles. The van der Waals surface area contributed by atoms with Crippen molar-refractivity contribution in [2.75, 3.05) is 24.5 Å². The van der Waals surface area contributed by atoms with E-state index in [-0.39, 0.29) is 0 Å². The zero-order chi connectivity index (χ0) is 13.9. The van der Waals surface area contributed by atoms with E-state index in [0.29, 0.717) is 12.1 Å². The van der Waals surface area contributed by atoms with Gasteiger partial charge in [0, 0.05) is 37.9 Å². The van der Waals surface area contributed by atoms with Crippen molar-refractivity contribution >= 4 is 5.69 Å². The second-order valence-corrected chi connectivity index (χ2v) is 6.68. The smallest absolute Gasteiger partial charge is 0.0753 e. The lowest BCUT2D eigenvalue weighted by Crippen LogP contribution is -2.54. The number of nitrogens with one attached hydrogen (secondary N) is 1. The molecule has 0 bridgehead atoms. The van der Waals surface area contributed by atoms with E-state index >= 15 is 0 Å². The summed E-state index contributed by atoms with van der Waals surface area (Å²) in [5, 5.41) is 8.23. The van der Waals surface area contributed by atoms with Gasteiger partial charge >= 0.3 is 0 Å². The second-order valence-electron chi connectivity index (χ2n) is 6.68. The minimum Gasteiger partial charge on any atom is -0.366 e. The molecule has 0 amide bonds. The van der Waals surface area contributed by atoms with E-state index in [1.807, 2.05) is 6.20 Å². The number of nitrogens with zero attached hydrogens (tertiary/aromatic N) is 3. The van der Waals surface area contributed by atoms with Crippen molar-refractivity contribution in [3.8, 4) is 0 Å². The maximum atomic E-state index is 4.48. The predicted molar refractivity (Wildman–Crippen MR) is 83.2 cm³/mol. The fourth-order valence-electron chi connectivity index (χ4n) is 3.64. The molecule has 1 unspecified atom stereocenters. The van der Waals surface area contributed by atoms with Crippen molar-refractivity contribution in [2.45, 2.75) is 58.0 Å². The van der Waals surface area contributed by atoms with Crippen LogP contribution in [0.1, 0.15) is 52.0 Å². The number of aromatic nitrogens is 2. The Labute approximate surface area is 122 Å². The largest absolute Gasteiger partial charge is 0.366 e. The van der Waals surface area contributed by atoms with Crippen LogP contribution in [0.5, 0.6) is 0 Å². The zero-order valence-electron chi connectivity index (χ0n) is 12.9. The molecule has 112 valence electrons. The molecule has 1 atom stereocenters. The summed E-state index contributed by atoms with van der Waals surface area (Å²) in [4.78, 5) is 2.52. The van der Waals surface area contributed by atoms with Gasteiger partial charge in [0.05, 0.1) is 11.9 Å². The van der Waals surface area contributed by atoms with Gasteiger partial charge in [-0.3, -0.25) is 4.68 Å². The van der Waals surface area contributed by atoms with Gasteiger partial charge in [0.25, 0.3) is 0 Å². The summed E-state index contributed by atoms with van der Waals surface area (Å²) in [7, 11) is 0. The lowest BCUT2D eigenvalue weighted by Gasteiger charge is -2.39. The van der Waals surface area contributed by atoms with E-state index in [0.717, 1.165) is 25.6 Å². The fraction of sp³-hybridized carbons (Fsp3) is 0.812. The minimum atomic E-state index is 0.445. The van der Waals surface area contributed by atoms with Gasteiger partial charge in [0.2, 0.25) is 0 Å². The van der Waals surface area contributed by atoms with Gasteiger partial charge < -0.3 is 10.2 Å². The minimum absolute atomic E-state index is 0.445. The molecule has 1 aliphatic heterocycles. The molecule has 20 heavy (non-hydrogen) atoms. The summed E-state index contributed by atoms with van der Waals surface area (Å²) in [5.41, 5.74) is 1.29. The molecule has 4 heteroatoms. The first-order valence-corrected chi connectivity index (χ1v) is 8.26. The molecule has 4 nitrogen and oxygen atoms in total. The molecule has 0 radical (unpaired) electrons. The summed E-state index contributed by atoms with van der Waals surface area (Å²) in [5.74, 6) is 0.881. The molecular formula is C16H28N4. The molecule has 2 aliphatic rings. The molecule has 0 spiro atoms. The Morgan fingerprint density at radius 3 is 2.75 bits per heavy atom. The predicted octanol–water partition coefficient (Wildman–Crippen LogP) is 2.82. The highest BCUT2D eigenvalue weighted by Crippen LogP contribution is 2.28. The Kier molecular flexibility index (Phi) is 4.29. The molecule has 1 aliphatic carbocycles. The molecule has 1 N–H and O–H groups in total. The molecule has 1 aromatic rings. The fourth-order valence-corrected chi connectivity index (χ4v) is 3.64. The maximum absolute atomic E-state index is 4.48. The summed E-state index contributed by atoms with van der Waals surface area (Å²) in [6, 6.07) is 1.12. The molecule has 3 rings (SSSR count). The third-order valence-corrected chi connectivity index (χ3v) is 4.91. The van der Waals surface area contributed by atoms with E-state index in [2.05, 4.69) is 40.0 Å². The molecule has 1 saturated heterocycles. The lowest BCUT2D eigenvalue weighted by molar-refractivity contribution is 0.257. The third-order valence-electron chi connectivity index (χ3n) is 4.91. The summed E-state index contributed by atoms with van der Waals surface area (Å²) in [6.45, 7) is 7.72. The van der Waals surface area contributed by atoms with Crippen LogP contribution in [0.2, 0.25) is 0 Å². The Balaban J connectivity index is 1.64. The van der Waals surface area contributed by atoms with Gasteiger partial charge in [-0.15, -0.1) is 0 Å². The summed E-state index contributed by atoms with van der Waals surface area (Å²) < 4.78 is 2.06. The van der Waals surface area contributed by atoms with Gasteiger partial charge in [-0.05, 0) is 32.6 Å². The van der Waals surface area contributed by atoms with Crippen LogP contribution in [0, 0.1) is 5.92 Å². The van der Waals surface area contributed by atoms with E-state index in [9.17, 15) is 0 Å². The first-order valence-electron chi connectivity index (χ1n) is 8.26. The monoisotopic (exact) mass is 276 g/mol. The first kappa shape index (κ1) is 13.9. The van der Waals surface area contributed by atoms with Crippen molar-refractivity contribution in [1.29, 1.82) is 0 Å². The van der Waals surface area contributed by atoms with Gasteiger partial charge in [0.1, 0.15) is 0 Å². The van der Waals surface area contributed by atoms with E-state index in [4.69, 9.17) is 0 Å². The van der Waals surface area contributed by atoms with Crippen LogP contribution in [0.4, 0.5) is 5.69 Å². The number of hydrogen-bond acceptors (Lipinski definition) is 3. The van der Waals surface area contributed by atoms with Crippen molar-refractivity contribution in [3.05, 3.63) is 12.4 Å². The SMILES string of the molecule is CC(C)n1cc(N2CCNC(C3CCCCC3)C2)cn1. The highest BCUT2D eigenvalue weighted by molar-refractivity contribution is 5.43. The molecule has 2 fully saturated rings. The van der Waals surface area contributed by atoms with Crippen molar-refractivity contribution in [3.63, 3.8) is 0 Å². The third kappa shape index (κ3) is 3.00. The van der Waals surface area contributed by atoms with Crippen LogP contribution in [0.25, 0.3) is 0 Å². The average molecular weight is 276 g/mol. The Morgan fingerprint density at radius 1 is 1.25 bits per heavy atom. The van der Waals surface area contributed by atoms with Crippen LogP contribution in [0.15, 0.2) is 12.4 Å². The first-order chi connectivity index (χ1) is 9.74. The molecular weight excluding hydrogens is 248 g/mol. The Morgan fingerprint density at radius 2 is 2.05 bits per heavy atom. The van der Waals surface area contributed by atoms with Crippen molar-refractivity contribution in [2.24, 2.45) is 5.92 Å². The number of piperazine rings is 1. The average Bonchev–Trinajstić information content (AvgIpc) is 2.98. The Hall–Kier alpha value is -1.03. The van der Waals surface area contributed by atoms with Crippen LogP contribution in [-0.2, 0) is 0 Å². The van der Waals surface area contributed by atoms with Crippen LogP contribution in [-0.4, -0.2) is 35.5 Å². The van der Waals surface area contributed by atoms with E-state index in [1.54, 1.807) is 0 Å². The van der Waals surface area contributed by atoms with E-state index < -0.39 is 0 Å². The van der Waals surface area contributed by atoms with Crippen molar-refractivity contribution < 1.29 is 0 Å². The number of hydrogen-bond donors (Lipinski definition) is 1. The molecule has 1 saturated carbocycles. The number of anilines is 1. The van der Waals surface area contributed by atoms with Gasteiger partial charge in [-0.25, -0.2) is 0 Å². The summed E-state index contributed by atoms with van der Waals surface area (Å²) in [6.07, 6.45) is 11.3. The van der Waals surface area contributed by atoms with Gasteiger partial charge in [-0.2, -0.15) is 5.10 Å². The zero-order valence-corrected chi connectivity index (χ0v) is 12.9. The second kappa shape index (κ2) is 6.17.